The van der Waals surface area contributed by atoms with Crippen LogP contribution < -0.4 is 5.32 Å². The van der Waals surface area contributed by atoms with Crippen LogP contribution in [0.3, 0.4) is 0 Å². The van der Waals surface area contributed by atoms with Gasteiger partial charge >= 0.3 is 0 Å². The molecule has 0 saturated carbocycles. The molecule has 1 rings (SSSR count). The number of halogens is 2. The summed E-state index contributed by atoms with van der Waals surface area (Å²) >= 11 is 0. The summed E-state index contributed by atoms with van der Waals surface area (Å²) in [5, 5.41) is 2.80. The average Bonchev–Trinajstić information content (AvgIpc) is 2.23. The van der Waals surface area contributed by atoms with Crippen molar-refractivity contribution in [2.24, 2.45) is 0 Å². The topological polar surface area (TPSA) is 29.1 Å². The van der Waals surface area contributed by atoms with Crippen molar-refractivity contribution in [2.45, 2.75) is 25.8 Å². The van der Waals surface area contributed by atoms with E-state index < -0.39 is 17.2 Å². The van der Waals surface area contributed by atoms with Gasteiger partial charge in [0.15, 0.2) is 0 Å². The molecule has 0 aromatic heterocycles. The summed E-state index contributed by atoms with van der Waals surface area (Å²) < 4.78 is 26.8. The van der Waals surface area contributed by atoms with E-state index in [0.717, 1.165) is 0 Å². The van der Waals surface area contributed by atoms with E-state index in [1.54, 1.807) is 14.0 Å². The summed E-state index contributed by atoms with van der Waals surface area (Å²) in [5.41, 5.74) is -1.00. The standard InChI is InChI=1S/C12H15F2NO/c1-8(16)12(2,15-3)7-9-10(13)5-4-6-11(9)14/h4-6,15H,7H2,1-3H3. The van der Waals surface area contributed by atoms with Gasteiger partial charge in [-0.3, -0.25) is 4.79 Å². The average molecular weight is 227 g/mol. The lowest BCUT2D eigenvalue weighted by Crippen LogP contribution is -2.48. The summed E-state index contributed by atoms with van der Waals surface area (Å²) in [4.78, 5) is 11.4. The number of rotatable bonds is 4. The first-order valence-corrected chi connectivity index (χ1v) is 5.03. The van der Waals surface area contributed by atoms with Crippen LogP contribution in [-0.2, 0) is 11.2 Å². The first kappa shape index (κ1) is 12.8. The van der Waals surface area contributed by atoms with E-state index in [4.69, 9.17) is 0 Å². The van der Waals surface area contributed by atoms with Crippen LogP contribution >= 0.6 is 0 Å². The van der Waals surface area contributed by atoms with E-state index in [9.17, 15) is 13.6 Å². The maximum absolute atomic E-state index is 13.4. The first-order valence-electron chi connectivity index (χ1n) is 5.03. The molecule has 0 radical (unpaired) electrons. The third-order valence-corrected chi connectivity index (χ3v) is 2.92. The van der Waals surface area contributed by atoms with Crippen LogP contribution in [0.4, 0.5) is 8.78 Å². The monoisotopic (exact) mass is 227 g/mol. The molecule has 0 fully saturated rings. The van der Waals surface area contributed by atoms with E-state index in [2.05, 4.69) is 5.32 Å². The number of benzene rings is 1. The highest BCUT2D eigenvalue weighted by molar-refractivity contribution is 5.86. The second kappa shape index (κ2) is 4.70. The maximum atomic E-state index is 13.4. The Morgan fingerprint density at radius 3 is 2.25 bits per heavy atom. The predicted octanol–water partition coefficient (Wildman–Crippen LogP) is 2.07. The zero-order valence-corrected chi connectivity index (χ0v) is 9.60. The summed E-state index contributed by atoms with van der Waals surface area (Å²) in [6.07, 6.45) is -0.00264. The minimum Gasteiger partial charge on any atom is -0.308 e. The van der Waals surface area contributed by atoms with Gasteiger partial charge in [0.25, 0.3) is 0 Å². The Bertz CT molecular complexity index is 386. The number of hydrogen-bond donors (Lipinski definition) is 1. The molecule has 0 aliphatic rings. The van der Waals surface area contributed by atoms with Gasteiger partial charge in [0, 0.05) is 12.0 Å². The van der Waals surface area contributed by atoms with Crippen LogP contribution in [0.1, 0.15) is 19.4 Å². The molecule has 0 aliphatic carbocycles. The molecule has 16 heavy (non-hydrogen) atoms. The van der Waals surface area contributed by atoms with Gasteiger partial charge in [0.2, 0.25) is 0 Å². The quantitative estimate of drug-likeness (QED) is 0.853. The number of likely N-dealkylation sites (N-methyl/N-ethyl adjacent to an activating group) is 1. The van der Waals surface area contributed by atoms with E-state index in [1.807, 2.05) is 0 Å². The zero-order valence-electron chi connectivity index (χ0n) is 9.60. The number of carbonyl (C=O) groups is 1. The molecule has 1 aromatic carbocycles. The first-order chi connectivity index (χ1) is 7.40. The van der Waals surface area contributed by atoms with Gasteiger partial charge in [-0.1, -0.05) is 6.07 Å². The van der Waals surface area contributed by atoms with Gasteiger partial charge in [-0.2, -0.15) is 0 Å². The lowest BCUT2D eigenvalue weighted by molar-refractivity contribution is -0.122. The molecule has 0 saturated heterocycles. The van der Waals surface area contributed by atoms with Gasteiger partial charge in [-0.25, -0.2) is 8.78 Å². The molecule has 0 bridgehead atoms. The summed E-state index contributed by atoms with van der Waals surface area (Å²) in [6, 6.07) is 3.68. The highest BCUT2D eigenvalue weighted by Crippen LogP contribution is 2.19. The highest BCUT2D eigenvalue weighted by Gasteiger charge is 2.30. The van der Waals surface area contributed by atoms with Crippen LogP contribution in [0.5, 0.6) is 0 Å². The summed E-state index contributed by atoms with van der Waals surface area (Å²) in [5.74, 6) is -1.40. The molecule has 1 aromatic rings. The Balaban J connectivity index is 3.08. The van der Waals surface area contributed by atoms with Gasteiger partial charge in [0.1, 0.15) is 17.4 Å². The van der Waals surface area contributed by atoms with Crippen molar-refractivity contribution < 1.29 is 13.6 Å². The fraction of sp³-hybridized carbons (Fsp3) is 0.417. The largest absolute Gasteiger partial charge is 0.308 e. The number of carbonyl (C=O) groups excluding carboxylic acids is 1. The minimum absolute atomic E-state index is 0.00264. The van der Waals surface area contributed by atoms with Crippen LogP contribution in [0, 0.1) is 11.6 Å². The number of ketones is 1. The molecular formula is C12H15F2NO. The Hall–Kier alpha value is -1.29. The number of hydrogen-bond acceptors (Lipinski definition) is 2. The lowest BCUT2D eigenvalue weighted by Gasteiger charge is -2.26. The van der Waals surface area contributed by atoms with Gasteiger partial charge in [0.05, 0.1) is 5.54 Å². The molecule has 1 N–H and O–H groups in total. The summed E-state index contributed by atoms with van der Waals surface area (Å²) in [7, 11) is 1.60. The van der Waals surface area contributed by atoms with Crippen molar-refractivity contribution in [1.29, 1.82) is 0 Å². The Kier molecular flexibility index (Phi) is 3.75. The Labute approximate surface area is 93.7 Å². The molecule has 0 amide bonds. The second-order valence-corrected chi connectivity index (χ2v) is 4.02. The van der Waals surface area contributed by atoms with Crippen LogP contribution in [-0.4, -0.2) is 18.4 Å². The molecular weight excluding hydrogens is 212 g/mol. The van der Waals surface area contributed by atoms with Crippen molar-refractivity contribution in [1.82, 2.24) is 5.32 Å². The normalized spacial score (nSPS) is 14.6. The molecule has 2 nitrogen and oxygen atoms in total. The van der Waals surface area contributed by atoms with E-state index in [1.165, 1.54) is 25.1 Å². The molecule has 1 unspecified atom stereocenters. The van der Waals surface area contributed by atoms with Crippen molar-refractivity contribution in [3.05, 3.63) is 35.4 Å². The zero-order chi connectivity index (χ0) is 12.3. The van der Waals surface area contributed by atoms with Gasteiger partial charge < -0.3 is 5.32 Å². The van der Waals surface area contributed by atoms with Crippen LogP contribution in [0.15, 0.2) is 18.2 Å². The molecule has 0 heterocycles. The Morgan fingerprint density at radius 2 is 1.88 bits per heavy atom. The number of Topliss-reactive ketones (excluding diaryl/α,β-unsaturated/α-hetero) is 1. The van der Waals surface area contributed by atoms with E-state index >= 15 is 0 Å². The van der Waals surface area contributed by atoms with E-state index in [-0.39, 0.29) is 17.8 Å². The minimum atomic E-state index is -0.941. The smallest absolute Gasteiger partial charge is 0.149 e. The van der Waals surface area contributed by atoms with E-state index in [0.29, 0.717) is 0 Å². The van der Waals surface area contributed by atoms with Crippen LogP contribution in [0.25, 0.3) is 0 Å². The predicted molar refractivity (Wildman–Crippen MR) is 58.2 cm³/mol. The van der Waals surface area contributed by atoms with Crippen molar-refractivity contribution in [3.8, 4) is 0 Å². The van der Waals surface area contributed by atoms with Crippen molar-refractivity contribution in [2.75, 3.05) is 7.05 Å². The third kappa shape index (κ3) is 2.44. The maximum Gasteiger partial charge on any atom is 0.149 e. The third-order valence-electron chi connectivity index (χ3n) is 2.92. The fourth-order valence-electron chi connectivity index (χ4n) is 1.44. The molecule has 4 heteroatoms. The second-order valence-electron chi connectivity index (χ2n) is 4.02. The SMILES string of the molecule is CNC(C)(Cc1c(F)cccc1F)C(C)=O. The van der Waals surface area contributed by atoms with Crippen LogP contribution in [0.2, 0.25) is 0 Å². The van der Waals surface area contributed by atoms with Crippen molar-refractivity contribution in [3.63, 3.8) is 0 Å². The molecule has 0 aliphatic heterocycles. The molecule has 1 atom stereocenters. The fourth-order valence-corrected chi connectivity index (χ4v) is 1.44. The highest BCUT2D eigenvalue weighted by atomic mass is 19.1. The summed E-state index contributed by atoms with van der Waals surface area (Å²) in [6.45, 7) is 3.02. The van der Waals surface area contributed by atoms with Crippen molar-refractivity contribution >= 4 is 5.78 Å². The Morgan fingerprint density at radius 1 is 1.38 bits per heavy atom. The lowest BCUT2D eigenvalue weighted by atomic mass is 9.89. The number of nitrogens with one attached hydrogen (secondary N) is 1. The molecule has 0 spiro atoms. The molecule has 88 valence electrons. The van der Waals surface area contributed by atoms with Gasteiger partial charge in [-0.15, -0.1) is 0 Å². The van der Waals surface area contributed by atoms with Gasteiger partial charge in [-0.05, 0) is 33.0 Å².